The molecule has 1 amide bonds. The van der Waals surface area contributed by atoms with Crippen LogP contribution < -0.4 is 9.62 Å². The number of nitrogens with one attached hydrogen (secondary N) is 1. The van der Waals surface area contributed by atoms with Crippen LogP contribution in [0.5, 0.6) is 0 Å². The van der Waals surface area contributed by atoms with Crippen molar-refractivity contribution in [3.05, 3.63) is 59.9 Å². The summed E-state index contributed by atoms with van der Waals surface area (Å²) in [6.45, 7) is 1.31. The minimum Gasteiger partial charge on any atom is -0.324 e. The van der Waals surface area contributed by atoms with E-state index in [-0.39, 0.29) is 5.69 Å². The summed E-state index contributed by atoms with van der Waals surface area (Å²) < 4.78 is 38.5. The molecular formula is C16H17FN2O3S. The molecule has 7 heteroatoms. The van der Waals surface area contributed by atoms with Crippen molar-refractivity contribution in [1.29, 1.82) is 0 Å². The van der Waals surface area contributed by atoms with Crippen LogP contribution in [0.25, 0.3) is 0 Å². The van der Waals surface area contributed by atoms with Gasteiger partial charge in [0.2, 0.25) is 15.9 Å². The van der Waals surface area contributed by atoms with Crippen molar-refractivity contribution < 1.29 is 17.6 Å². The molecule has 5 nitrogen and oxygen atoms in total. The van der Waals surface area contributed by atoms with E-state index in [0.717, 1.165) is 22.2 Å². The van der Waals surface area contributed by atoms with Crippen molar-refractivity contribution >= 4 is 27.3 Å². The van der Waals surface area contributed by atoms with Crippen molar-refractivity contribution in [2.45, 2.75) is 6.92 Å². The highest BCUT2D eigenvalue weighted by molar-refractivity contribution is 7.92. The average Bonchev–Trinajstić information content (AvgIpc) is 2.47. The molecule has 0 radical (unpaired) electrons. The van der Waals surface area contributed by atoms with Gasteiger partial charge in [0.1, 0.15) is 12.4 Å². The van der Waals surface area contributed by atoms with Gasteiger partial charge >= 0.3 is 0 Å². The van der Waals surface area contributed by atoms with Gasteiger partial charge in [-0.15, -0.1) is 0 Å². The molecule has 2 aromatic carbocycles. The summed E-state index contributed by atoms with van der Waals surface area (Å²) in [7, 11) is -3.81. The predicted molar refractivity (Wildman–Crippen MR) is 88.4 cm³/mol. The summed E-state index contributed by atoms with van der Waals surface area (Å²) in [5, 5.41) is 2.63. The van der Waals surface area contributed by atoms with Crippen molar-refractivity contribution in [2.24, 2.45) is 0 Å². The Balaban J connectivity index is 2.24. The van der Waals surface area contributed by atoms with Gasteiger partial charge in [-0.05, 0) is 30.7 Å². The highest BCUT2D eigenvalue weighted by Gasteiger charge is 2.23. The number of benzene rings is 2. The van der Waals surface area contributed by atoms with E-state index in [1.54, 1.807) is 12.1 Å². The van der Waals surface area contributed by atoms with Gasteiger partial charge in [-0.3, -0.25) is 9.10 Å². The molecule has 0 saturated heterocycles. The molecule has 0 unspecified atom stereocenters. The Bertz CT molecular complexity index is 822. The monoisotopic (exact) mass is 336 g/mol. The zero-order valence-electron chi connectivity index (χ0n) is 12.8. The first kappa shape index (κ1) is 17.0. The van der Waals surface area contributed by atoms with Crippen molar-refractivity contribution in [2.75, 3.05) is 22.4 Å². The Labute approximate surface area is 134 Å². The van der Waals surface area contributed by atoms with Gasteiger partial charge in [-0.25, -0.2) is 12.8 Å². The second-order valence-corrected chi connectivity index (χ2v) is 6.99. The fraction of sp³-hybridized carbons (Fsp3) is 0.188. The normalized spacial score (nSPS) is 11.1. The van der Waals surface area contributed by atoms with Crippen LogP contribution in [0.3, 0.4) is 0 Å². The number of anilines is 2. The molecular weight excluding hydrogens is 319 g/mol. The van der Waals surface area contributed by atoms with Crippen LogP contribution in [0.2, 0.25) is 0 Å². The topological polar surface area (TPSA) is 66.5 Å². The van der Waals surface area contributed by atoms with E-state index in [9.17, 15) is 17.6 Å². The Morgan fingerprint density at radius 1 is 1.13 bits per heavy atom. The number of halogens is 1. The number of carbonyl (C=O) groups is 1. The van der Waals surface area contributed by atoms with E-state index in [1.807, 2.05) is 19.1 Å². The molecule has 2 aromatic rings. The third-order valence-electron chi connectivity index (χ3n) is 3.23. The molecule has 2 rings (SSSR count). The second-order valence-electron chi connectivity index (χ2n) is 5.08. The van der Waals surface area contributed by atoms with Gasteiger partial charge < -0.3 is 5.32 Å². The van der Waals surface area contributed by atoms with E-state index in [1.165, 1.54) is 18.2 Å². The highest BCUT2D eigenvalue weighted by atomic mass is 32.2. The fourth-order valence-corrected chi connectivity index (χ4v) is 2.93. The van der Waals surface area contributed by atoms with Gasteiger partial charge in [-0.2, -0.15) is 0 Å². The SMILES string of the molecule is Cc1ccccc1NC(=O)CN(c1ccccc1F)S(C)(=O)=O. The minimum absolute atomic E-state index is 0.157. The quantitative estimate of drug-likeness (QED) is 0.912. The van der Waals surface area contributed by atoms with E-state index < -0.39 is 28.3 Å². The van der Waals surface area contributed by atoms with Gasteiger partial charge in [0.25, 0.3) is 0 Å². The third kappa shape index (κ3) is 4.29. The van der Waals surface area contributed by atoms with Crippen LogP contribution in [0.4, 0.5) is 15.8 Å². The largest absolute Gasteiger partial charge is 0.324 e. The number of hydrogen-bond donors (Lipinski definition) is 1. The summed E-state index contributed by atoms with van der Waals surface area (Å²) in [5.41, 5.74) is 1.27. The maximum absolute atomic E-state index is 13.9. The van der Waals surface area contributed by atoms with Crippen molar-refractivity contribution in [1.82, 2.24) is 0 Å². The molecule has 1 N–H and O–H groups in total. The first-order valence-electron chi connectivity index (χ1n) is 6.87. The second kappa shape index (κ2) is 6.78. The molecule has 0 saturated carbocycles. The van der Waals surface area contributed by atoms with E-state index >= 15 is 0 Å². The Hall–Kier alpha value is -2.41. The van der Waals surface area contributed by atoms with E-state index in [2.05, 4.69) is 5.32 Å². The summed E-state index contributed by atoms with van der Waals surface area (Å²) in [4.78, 5) is 12.2. The molecule has 0 aliphatic heterocycles. The Morgan fingerprint density at radius 3 is 2.35 bits per heavy atom. The van der Waals surface area contributed by atoms with Gasteiger partial charge in [0, 0.05) is 5.69 Å². The zero-order valence-corrected chi connectivity index (χ0v) is 13.6. The maximum atomic E-state index is 13.9. The third-order valence-corrected chi connectivity index (χ3v) is 4.35. The number of aryl methyl sites for hydroxylation is 1. The van der Waals surface area contributed by atoms with E-state index in [0.29, 0.717) is 5.69 Å². The molecule has 0 heterocycles. The number of carbonyl (C=O) groups excluding carboxylic acids is 1. The highest BCUT2D eigenvalue weighted by Crippen LogP contribution is 2.21. The number of sulfonamides is 1. The Kier molecular flexibility index (Phi) is 5.00. The zero-order chi connectivity index (χ0) is 17.0. The van der Waals surface area contributed by atoms with Crippen LogP contribution in [0.15, 0.2) is 48.5 Å². The smallest absolute Gasteiger partial charge is 0.245 e. The number of hydrogen-bond acceptors (Lipinski definition) is 3. The molecule has 0 bridgehead atoms. The summed E-state index contributed by atoms with van der Waals surface area (Å²) in [5.74, 6) is -1.26. The van der Waals surface area contributed by atoms with Gasteiger partial charge in [0.05, 0.1) is 11.9 Å². The molecule has 0 aliphatic rings. The summed E-state index contributed by atoms with van der Waals surface area (Å²) in [6.07, 6.45) is 0.931. The number of para-hydroxylation sites is 2. The van der Waals surface area contributed by atoms with Gasteiger partial charge in [-0.1, -0.05) is 30.3 Å². The van der Waals surface area contributed by atoms with Crippen LogP contribution in [-0.4, -0.2) is 27.1 Å². The fourth-order valence-electron chi connectivity index (χ4n) is 2.07. The lowest BCUT2D eigenvalue weighted by molar-refractivity contribution is -0.114. The molecule has 0 spiro atoms. The first-order chi connectivity index (χ1) is 10.8. The van der Waals surface area contributed by atoms with Crippen molar-refractivity contribution in [3.63, 3.8) is 0 Å². The maximum Gasteiger partial charge on any atom is 0.245 e. The molecule has 122 valence electrons. The predicted octanol–water partition coefficient (Wildman–Crippen LogP) is 2.54. The van der Waals surface area contributed by atoms with Crippen LogP contribution >= 0.6 is 0 Å². The lowest BCUT2D eigenvalue weighted by Crippen LogP contribution is -2.38. The van der Waals surface area contributed by atoms with Crippen molar-refractivity contribution in [3.8, 4) is 0 Å². The molecule has 0 aromatic heterocycles. The summed E-state index contributed by atoms with van der Waals surface area (Å²) >= 11 is 0. The van der Waals surface area contributed by atoms with Crippen LogP contribution in [0, 0.1) is 12.7 Å². The first-order valence-corrected chi connectivity index (χ1v) is 8.71. The lowest BCUT2D eigenvalue weighted by Gasteiger charge is -2.22. The number of amides is 1. The van der Waals surface area contributed by atoms with Gasteiger partial charge in [0.15, 0.2) is 0 Å². The minimum atomic E-state index is -3.81. The van der Waals surface area contributed by atoms with Crippen LogP contribution in [-0.2, 0) is 14.8 Å². The molecule has 0 atom stereocenters. The van der Waals surface area contributed by atoms with Crippen LogP contribution in [0.1, 0.15) is 5.56 Å². The summed E-state index contributed by atoms with van der Waals surface area (Å²) in [6, 6.07) is 12.5. The average molecular weight is 336 g/mol. The molecule has 0 aliphatic carbocycles. The molecule has 0 fully saturated rings. The van der Waals surface area contributed by atoms with E-state index in [4.69, 9.17) is 0 Å². The lowest BCUT2D eigenvalue weighted by atomic mass is 10.2. The number of rotatable bonds is 5. The Morgan fingerprint density at radius 2 is 1.74 bits per heavy atom. The number of nitrogens with zero attached hydrogens (tertiary/aromatic N) is 1. The molecule has 23 heavy (non-hydrogen) atoms. The standard InChI is InChI=1S/C16H17FN2O3S/c1-12-7-3-5-9-14(12)18-16(20)11-19(23(2,21)22)15-10-6-4-8-13(15)17/h3-10H,11H2,1-2H3,(H,18,20).